The molecule has 0 amide bonds. The van der Waals surface area contributed by atoms with Crippen molar-refractivity contribution in [2.75, 3.05) is 0 Å². The van der Waals surface area contributed by atoms with Gasteiger partial charge in [-0.15, -0.1) is 0 Å². The molecule has 0 spiro atoms. The van der Waals surface area contributed by atoms with Gasteiger partial charge in [0.05, 0.1) is 0 Å². The molecular formula is C6H18N2O8PtS2. The van der Waals surface area contributed by atoms with Gasteiger partial charge in [0.15, 0.2) is 0 Å². The summed E-state index contributed by atoms with van der Waals surface area (Å²) in [5, 5.41) is 0. The van der Waals surface area contributed by atoms with Crippen molar-refractivity contribution in [3.05, 3.63) is 0 Å². The van der Waals surface area contributed by atoms with E-state index >= 15 is 0 Å². The molecule has 0 unspecified atom stereocenters. The Labute approximate surface area is 127 Å². The Hall–Kier alpha value is 0.348. The molecule has 0 aromatic rings. The van der Waals surface area contributed by atoms with E-state index in [1.807, 2.05) is 0 Å². The van der Waals surface area contributed by atoms with E-state index in [2.05, 4.69) is 0 Å². The molecule has 1 fully saturated rings. The minimum Gasteiger partial charge on any atom is -0.759 e. The van der Waals surface area contributed by atoms with Gasteiger partial charge in [-0.3, -0.25) is 16.8 Å². The first-order valence-corrected chi connectivity index (χ1v) is 7.00. The molecule has 1 aliphatic rings. The van der Waals surface area contributed by atoms with Crippen LogP contribution in [0.2, 0.25) is 0 Å². The van der Waals surface area contributed by atoms with Crippen molar-refractivity contribution in [3.63, 3.8) is 0 Å². The van der Waals surface area contributed by atoms with E-state index in [1.165, 1.54) is 38.5 Å². The zero-order chi connectivity index (χ0) is 13.2. The van der Waals surface area contributed by atoms with Crippen LogP contribution in [0.4, 0.5) is 0 Å². The Morgan fingerprint density at radius 2 is 0.579 bits per heavy atom. The summed E-state index contributed by atoms with van der Waals surface area (Å²) in [6, 6.07) is 0. The molecule has 1 aliphatic carbocycles. The van der Waals surface area contributed by atoms with Crippen molar-refractivity contribution in [3.8, 4) is 0 Å². The topological polar surface area (TPSA) is 231 Å². The predicted molar refractivity (Wildman–Crippen MR) is 58.7 cm³/mol. The van der Waals surface area contributed by atoms with E-state index in [1.54, 1.807) is 0 Å². The minimum absolute atomic E-state index is 0. The fourth-order valence-electron chi connectivity index (χ4n) is 1.06. The molecule has 1 saturated carbocycles. The van der Waals surface area contributed by atoms with E-state index < -0.39 is 20.8 Å². The zero-order valence-electron chi connectivity index (χ0n) is 10.1. The fraction of sp³-hybridized carbons (Fsp3) is 1.00. The molecule has 0 heterocycles. The van der Waals surface area contributed by atoms with E-state index in [-0.39, 0.29) is 33.4 Å². The molecule has 1 rings (SSSR count). The van der Waals surface area contributed by atoms with Crippen LogP contribution in [0.5, 0.6) is 0 Å². The molecule has 0 bridgehead atoms. The standard InChI is InChI=1S/C6H12.2H3N.2H2O4S.Pt/c1-2-4-6-5-3-1;;;2*1-5(2,3)4;/h1-6H2;2*1H3;2*(H2,1,2,3,4);/q;;;;;+4/p-4. The molecule has 6 N–H and O–H groups in total. The first-order valence-electron chi connectivity index (χ1n) is 4.33. The van der Waals surface area contributed by atoms with E-state index in [9.17, 15) is 0 Å². The molecule has 0 atom stereocenters. The quantitative estimate of drug-likeness (QED) is 0.330. The maximum atomic E-state index is 8.52. The molecular weight excluding hydrogens is 487 g/mol. The number of hydrogen-bond acceptors (Lipinski definition) is 10. The Morgan fingerprint density at radius 1 is 0.526 bits per heavy atom. The van der Waals surface area contributed by atoms with E-state index in [4.69, 9.17) is 35.0 Å². The van der Waals surface area contributed by atoms with Gasteiger partial charge in [-0.25, -0.2) is 0 Å². The second kappa shape index (κ2) is 16.4. The van der Waals surface area contributed by atoms with Crippen molar-refractivity contribution in [1.29, 1.82) is 0 Å². The SMILES string of the molecule is C1CCCCC1.N.N.O=S(=O)([O-])[O-].O=S(=O)([O-])[O-].[Pt+4]. The van der Waals surface area contributed by atoms with Gasteiger partial charge in [0.2, 0.25) is 0 Å². The van der Waals surface area contributed by atoms with Crippen LogP contribution in [0, 0.1) is 0 Å². The second-order valence-corrected chi connectivity index (χ2v) is 4.57. The maximum Gasteiger partial charge on any atom is 4.00 e. The molecule has 0 saturated heterocycles. The molecule has 13 heteroatoms. The van der Waals surface area contributed by atoms with Crippen LogP contribution >= 0.6 is 0 Å². The van der Waals surface area contributed by atoms with Crippen molar-refractivity contribution < 1.29 is 56.1 Å². The Bertz CT molecular complexity index is 296. The van der Waals surface area contributed by atoms with Gasteiger partial charge < -0.3 is 30.5 Å². The van der Waals surface area contributed by atoms with Crippen LogP contribution in [0.25, 0.3) is 0 Å². The van der Waals surface area contributed by atoms with Crippen molar-refractivity contribution in [2.24, 2.45) is 0 Å². The number of hydrogen-bond donors (Lipinski definition) is 2. The van der Waals surface area contributed by atoms with Crippen LogP contribution < -0.4 is 12.3 Å². The molecule has 19 heavy (non-hydrogen) atoms. The van der Waals surface area contributed by atoms with Crippen molar-refractivity contribution in [1.82, 2.24) is 12.3 Å². The summed E-state index contributed by atoms with van der Waals surface area (Å²) in [5.41, 5.74) is 0. The first-order chi connectivity index (χ1) is 7.00. The third-order valence-electron chi connectivity index (χ3n) is 1.50. The summed E-state index contributed by atoms with van der Waals surface area (Å²) < 4.78 is 68.2. The Morgan fingerprint density at radius 3 is 0.632 bits per heavy atom. The average molecular weight is 505 g/mol. The Balaban J connectivity index is -0.0000000482. The molecule has 0 aromatic carbocycles. The maximum absolute atomic E-state index is 8.52. The van der Waals surface area contributed by atoms with Crippen LogP contribution in [0.3, 0.4) is 0 Å². The van der Waals surface area contributed by atoms with E-state index in [0.29, 0.717) is 0 Å². The fourth-order valence-corrected chi connectivity index (χ4v) is 1.06. The molecule has 0 aromatic heterocycles. The summed E-state index contributed by atoms with van der Waals surface area (Å²) in [6.45, 7) is 0. The third-order valence-corrected chi connectivity index (χ3v) is 1.50. The smallest absolute Gasteiger partial charge is 0.759 e. The van der Waals surface area contributed by atoms with E-state index in [0.717, 1.165) is 0 Å². The summed E-state index contributed by atoms with van der Waals surface area (Å²) in [6.07, 6.45) is 9.00. The third kappa shape index (κ3) is 122. The molecule has 10 nitrogen and oxygen atoms in total. The van der Waals surface area contributed by atoms with Gasteiger partial charge >= 0.3 is 21.1 Å². The summed E-state index contributed by atoms with van der Waals surface area (Å²) in [7, 11) is -10.3. The minimum atomic E-state index is -5.17. The van der Waals surface area contributed by atoms with Crippen LogP contribution in [0.15, 0.2) is 0 Å². The van der Waals surface area contributed by atoms with Crippen molar-refractivity contribution >= 4 is 20.8 Å². The summed E-state index contributed by atoms with van der Waals surface area (Å²) in [4.78, 5) is 0. The van der Waals surface area contributed by atoms with Gasteiger partial charge in [0.25, 0.3) is 0 Å². The van der Waals surface area contributed by atoms with Crippen LogP contribution in [-0.4, -0.2) is 35.0 Å². The van der Waals surface area contributed by atoms with Gasteiger partial charge in [0, 0.05) is 20.8 Å². The Kier molecular flexibility index (Phi) is 27.3. The zero-order valence-corrected chi connectivity index (χ0v) is 14.0. The molecule has 122 valence electrons. The molecule has 0 radical (unpaired) electrons. The van der Waals surface area contributed by atoms with Gasteiger partial charge in [-0.05, 0) is 0 Å². The summed E-state index contributed by atoms with van der Waals surface area (Å²) in [5.74, 6) is 0. The second-order valence-electron chi connectivity index (χ2n) is 2.94. The predicted octanol–water partition coefficient (Wildman–Crippen LogP) is -0.0139. The van der Waals surface area contributed by atoms with Crippen molar-refractivity contribution in [2.45, 2.75) is 38.5 Å². The summed E-state index contributed by atoms with van der Waals surface area (Å²) >= 11 is 0. The molecule has 0 aliphatic heterocycles. The monoisotopic (exact) mass is 505 g/mol. The van der Waals surface area contributed by atoms with Gasteiger partial charge in [-0.2, -0.15) is 0 Å². The van der Waals surface area contributed by atoms with Crippen LogP contribution in [0.1, 0.15) is 38.5 Å². The van der Waals surface area contributed by atoms with Crippen LogP contribution in [-0.2, 0) is 41.9 Å². The first kappa shape index (κ1) is 31.6. The number of rotatable bonds is 0. The average Bonchev–Trinajstić information content (AvgIpc) is 2.01. The van der Waals surface area contributed by atoms with Gasteiger partial charge in [0.1, 0.15) is 0 Å². The normalized spacial score (nSPS) is 13.7. The van der Waals surface area contributed by atoms with Gasteiger partial charge in [-0.1, -0.05) is 38.5 Å². The largest absolute Gasteiger partial charge is 4.00 e.